The summed E-state index contributed by atoms with van der Waals surface area (Å²) < 4.78 is 0. The second-order valence-electron chi connectivity index (χ2n) is 2.74. The van der Waals surface area contributed by atoms with Crippen LogP contribution < -0.4 is 0 Å². The van der Waals surface area contributed by atoms with Crippen molar-refractivity contribution in [3.05, 3.63) is 0 Å². The first-order chi connectivity index (χ1) is 4.83. The topological polar surface area (TPSA) is 23.8 Å². The first-order valence-corrected chi connectivity index (χ1v) is 4.22. The summed E-state index contributed by atoms with van der Waals surface area (Å²) in [5.74, 6) is 1.18. The lowest BCUT2D eigenvalue weighted by Gasteiger charge is -1.94. The lowest BCUT2D eigenvalue weighted by atomic mass is 10.1. The molecular formula is C9H17N. The summed E-state index contributed by atoms with van der Waals surface area (Å²) in [4.78, 5) is 0. The van der Waals surface area contributed by atoms with Crippen LogP contribution in [-0.4, -0.2) is 0 Å². The molecular weight excluding hydrogens is 122 g/mol. The summed E-state index contributed by atoms with van der Waals surface area (Å²) in [6, 6.07) is 2.29. The van der Waals surface area contributed by atoms with Crippen LogP contribution in [-0.2, 0) is 0 Å². The van der Waals surface area contributed by atoms with E-state index in [-0.39, 0.29) is 0 Å². The van der Waals surface area contributed by atoms with Crippen LogP contribution in [0.15, 0.2) is 0 Å². The van der Waals surface area contributed by atoms with E-state index < -0.39 is 0 Å². The Labute approximate surface area is 64.1 Å². The van der Waals surface area contributed by atoms with Gasteiger partial charge in [-0.1, -0.05) is 20.8 Å². The van der Waals surface area contributed by atoms with Crippen LogP contribution in [0.1, 0.15) is 40.0 Å². The lowest BCUT2D eigenvalue weighted by Crippen LogP contribution is -1.87. The zero-order valence-corrected chi connectivity index (χ0v) is 7.22. The molecule has 1 saturated carbocycles. The van der Waals surface area contributed by atoms with Crippen LogP contribution in [0.5, 0.6) is 0 Å². The third kappa shape index (κ3) is 2.87. The SMILES string of the molecule is CC.CC1CCC(C#N)C1. The van der Waals surface area contributed by atoms with E-state index in [9.17, 15) is 0 Å². The number of nitrogens with zero attached hydrogens (tertiary/aromatic N) is 1. The van der Waals surface area contributed by atoms with Crippen molar-refractivity contribution < 1.29 is 0 Å². The molecule has 0 aromatic heterocycles. The molecule has 1 aliphatic rings. The first-order valence-electron chi connectivity index (χ1n) is 4.22. The Kier molecular flexibility index (Phi) is 5.02. The molecule has 2 atom stereocenters. The van der Waals surface area contributed by atoms with Crippen molar-refractivity contribution in [1.29, 1.82) is 5.26 Å². The predicted octanol–water partition coefficient (Wildman–Crippen LogP) is 2.97. The van der Waals surface area contributed by atoms with Gasteiger partial charge in [-0.05, 0) is 25.2 Å². The van der Waals surface area contributed by atoms with Gasteiger partial charge >= 0.3 is 0 Å². The number of hydrogen-bond donors (Lipinski definition) is 0. The minimum atomic E-state index is 0.380. The van der Waals surface area contributed by atoms with Gasteiger partial charge in [-0.15, -0.1) is 0 Å². The Bertz CT molecular complexity index is 112. The van der Waals surface area contributed by atoms with Crippen LogP contribution in [0, 0.1) is 23.2 Å². The van der Waals surface area contributed by atoms with Gasteiger partial charge in [0, 0.05) is 5.92 Å². The summed E-state index contributed by atoms with van der Waals surface area (Å²) in [5.41, 5.74) is 0. The van der Waals surface area contributed by atoms with Crippen molar-refractivity contribution in [2.24, 2.45) is 11.8 Å². The van der Waals surface area contributed by atoms with Gasteiger partial charge in [0.25, 0.3) is 0 Å². The standard InChI is InChI=1S/C7H11N.C2H6/c1-6-2-3-7(4-6)5-8;1-2/h6-7H,2-4H2,1H3;1-2H3. The molecule has 1 aliphatic carbocycles. The van der Waals surface area contributed by atoms with Crippen LogP contribution >= 0.6 is 0 Å². The van der Waals surface area contributed by atoms with Crippen LogP contribution in [0.3, 0.4) is 0 Å². The molecule has 1 nitrogen and oxygen atoms in total. The van der Waals surface area contributed by atoms with E-state index in [2.05, 4.69) is 13.0 Å². The van der Waals surface area contributed by atoms with E-state index in [0.717, 1.165) is 18.8 Å². The smallest absolute Gasteiger partial charge is 0.0655 e. The molecule has 0 radical (unpaired) electrons. The highest BCUT2D eigenvalue weighted by molar-refractivity contribution is 4.88. The van der Waals surface area contributed by atoms with Gasteiger partial charge in [0.2, 0.25) is 0 Å². The Hall–Kier alpha value is -0.510. The molecule has 2 unspecified atom stereocenters. The summed E-state index contributed by atoms with van der Waals surface area (Å²) >= 11 is 0. The van der Waals surface area contributed by atoms with Crippen molar-refractivity contribution in [3.8, 4) is 6.07 Å². The number of nitriles is 1. The highest BCUT2D eigenvalue weighted by Gasteiger charge is 2.19. The molecule has 1 fully saturated rings. The fraction of sp³-hybridized carbons (Fsp3) is 0.889. The molecule has 58 valence electrons. The quantitative estimate of drug-likeness (QED) is 0.506. The van der Waals surface area contributed by atoms with E-state index in [1.807, 2.05) is 13.8 Å². The summed E-state index contributed by atoms with van der Waals surface area (Å²) in [5, 5.41) is 8.43. The van der Waals surface area contributed by atoms with Crippen molar-refractivity contribution in [3.63, 3.8) is 0 Å². The number of hydrogen-bond acceptors (Lipinski definition) is 1. The van der Waals surface area contributed by atoms with Gasteiger partial charge in [-0.25, -0.2) is 0 Å². The van der Waals surface area contributed by atoms with Gasteiger partial charge in [0.15, 0.2) is 0 Å². The summed E-state index contributed by atoms with van der Waals surface area (Å²) in [6.45, 7) is 6.22. The molecule has 0 N–H and O–H groups in total. The summed E-state index contributed by atoms with van der Waals surface area (Å²) in [7, 11) is 0. The zero-order valence-electron chi connectivity index (χ0n) is 7.22. The van der Waals surface area contributed by atoms with E-state index >= 15 is 0 Å². The number of rotatable bonds is 0. The molecule has 0 aromatic rings. The normalized spacial score (nSPS) is 30.2. The Morgan fingerprint density at radius 1 is 1.30 bits per heavy atom. The molecule has 1 rings (SSSR count). The van der Waals surface area contributed by atoms with Crippen LogP contribution in [0.4, 0.5) is 0 Å². The largest absolute Gasteiger partial charge is 0.198 e. The van der Waals surface area contributed by atoms with Crippen LogP contribution in [0.25, 0.3) is 0 Å². The Morgan fingerprint density at radius 3 is 2.10 bits per heavy atom. The average molecular weight is 139 g/mol. The van der Waals surface area contributed by atoms with E-state index in [1.54, 1.807) is 0 Å². The third-order valence-electron chi connectivity index (χ3n) is 1.88. The fourth-order valence-corrected chi connectivity index (χ4v) is 1.32. The summed E-state index contributed by atoms with van der Waals surface area (Å²) in [6.07, 6.45) is 3.53. The lowest BCUT2D eigenvalue weighted by molar-refractivity contribution is 0.590. The second kappa shape index (κ2) is 5.29. The van der Waals surface area contributed by atoms with E-state index in [0.29, 0.717) is 5.92 Å². The van der Waals surface area contributed by atoms with E-state index in [4.69, 9.17) is 5.26 Å². The second-order valence-corrected chi connectivity index (χ2v) is 2.74. The predicted molar refractivity (Wildman–Crippen MR) is 43.5 cm³/mol. The van der Waals surface area contributed by atoms with Crippen molar-refractivity contribution in [2.75, 3.05) is 0 Å². The van der Waals surface area contributed by atoms with Crippen molar-refractivity contribution in [2.45, 2.75) is 40.0 Å². The molecule has 10 heavy (non-hydrogen) atoms. The molecule has 0 amide bonds. The minimum absolute atomic E-state index is 0.380. The maximum Gasteiger partial charge on any atom is 0.0655 e. The molecule has 0 aliphatic heterocycles. The molecule has 0 spiro atoms. The molecule has 0 heterocycles. The zero-order chi connectivity index (χ0) is 7.98. The minimum Gasteiger partial charge on any atom is -0.198 e. The van der Waals surface area contributed by atoms with Gasteiger partial charge < -0.3 is 0 Å². The van der Waals surface area contributed by atoms with Gasteiger partial charge in [0.05, 0.1) is 6.07 Å². The van der Waals surface area contributed by atoms with E-state index in [1.165, 1.54) is 6.42 Å². The van der Waals surface area contributed by atoms with Crippen molar-refractivity contribution in [1.82, 2.24) is 0 Å². The monoisotopic (exact) mass is 139 g/mol. The molecule has 0 saturated heterocycles. The maximum atomic E-state index is 8.43. The maximum absolute atomic E-state index is 8.43. The fourth-order valence-electron chi connectivity index (χ4n) is 1.32. The average Bonchev–Trinajstić information content (AvgIpc) is 2.40. The van der Waals surface area contributed by atoms with Gasteiger partial charge in [0.1, 0.15) is 0 Å². The Balaban J connectivity index is 0.000000371. The molecule has 0 aromatic carbocycles. The third-order valence-corrected chi connectivity index (χ3v) is 1.88. The van der Waals surface area contributed by atoms with Crippen LogP contribution in [0.2, 0.25) is 0 Å². The highest BCUT2D eigenvalue weighted by atomic mass is 14.3. The van der Waals surface area contributed by atoms with Gasteiger partial charge in [-0.3, -0.25) is 0 Å². The van der Waals surface area contributed by atoms with Gasteiger partial charge in [-0.2, -0.15) is 5.26 Å². The highest BCUT2D eigenvalue weighted by Crippen LogP contribution is 2.29. The Morgan fingerprint density at radius 2 is 1.90 bits per heavy atom. The molecule has 0 bridgehead atoms. The molecule has 1 heteroatoms. The van der Waals surface area contributed by atoms with Crippen molar-refractivity contribution >= 4 is 0 Å². The first kappa shape index (κ1) is 9.49.